The standard InChI is InChI=1S/C16H21BrClN3/c1-3-9-19-16(7-5-13-8-10-20-21(13)2)12-4-6-14(17)15(18)11-12/h4,6,8,10-11,16,19H,3,5,7,9H2,1-2H3. The molecule has 114 valence electrons. The van der Waals surface area contributed by atoms with Crippen LogP contribution in [0.25, 0.3) is 0 Å². The van der Waals surface area contributed by atoms with E-state index < -0.39 is 0 Å². The van der Waals surface area contributed by atoms with Crippen LogP contribution in [-0.4, -0.2) is 16.3 Å². The third-order valence-corrected chi connectivity index (χ3v) is 4.83. The molecule has 0 saturated heterocycles. The Morgan fingerprint density at radius 1 is 1.38 bits per heavy atom. The van der Waals surface area contributed by atoms with Crippen LogP contribution in [0.5, 0.6) is 0 Å². The molecule has 1 N–H and O–H groups in total. The highest BCUT2D eigenvalue weighted by Crippen LogP contribution is 2.28. The first-order chi connectivity index (χ1) is 10.1. The summed E-state index contributed by atoms with van der Waals surface area (Å²) in [6.45, 7) is 3.18. The fourth-order valence-corrected chi connectivity index (χ4v) is 2.81. The Morgan fingerprint density at radius 2 is 2.19 bits per heavy atom. The molecule has 3 nitrogen and oxygen atoms in total. The largest absolute Gasteiger partial charge is 0.310 e. The summed E-state index contributed by atoms with van der Waals surface area (Å²) in [5.41, 5.74) is 2.49. The fraction of sp³-hybridized carbons (Fsp3) is 0.438. The van der Waals surface area contributed by atoms with Crippen LogP contribution in [0, 0.1) is 0 Å². The van der Waals surface area contributed by atoms with Crippen LogP contribution < -0.4 is 5.32 Å². The molecule has 0 bridgehead atoms. The van der Waals surface area contributed by atoms with E-state index in [1.165, 1.54) is 11.3 Å². The first kappa shape index (κ1) is 16.5. The molecule has 1 unspecified atom stereocenters. The topological polar surface area (TPSA) is 29.9 Å². The average molecular weight is 371 g/mol. The van der Waals surface area contributed by atoms with Crippen molar-refractivity contribution in [2.75, 3.05) is 6.54 Å². The zero-order valence-corrected chi connectivity index (χ0v) is 14.8. The molecule has 0 aliphatic heterocycles. The predicted molar refractivity (Wildman–Crippen MR) is 91.7 cm³/mol. The number of benzene rings is 1. The number of hydrogen-bond donors (Lipinski definition) is 1. The molecule has 1 atom stereocenters. The second-order valence-electron chi connectivity index (χ2n) is 5.17. The zero-order chi connectivity index (χ0) is 15.2. The highest BCUT2D eigenvalue weighted by atomic mass is 79.9. The normalized spacial score (nSPS) is 12.6. The summed E-state index contributed by atoms with van der Waals surface area (Å²) in [6, 6.07) is 8.58. The summed E-state index contributed by atoms with van der Waals surface area (Å²) in [5, 5.41) is 8.60. The van der Waals surface area contributed by atoms with Gasteiger partial charge in [-0.15, -0.1) is 0 Å². The van der Waals surface area contributed by atoms with Gasteiger partial charge in [0.15, 0.2) is 0 Å². The van der Waals surface area contributed by atoms with Gasteiger partial charge < -0.3 is 5.32 Å². The minimum atomic E-state index is 0.311. The van der Waals surface area contributed by atoms with Gasteiger partial charge in [0, 0.05) is 29.5 Å². The molecule has 0 saturated carbocycles. The third kappa shape index (κ3) is 4.56. The quantitative estimate of drug-likeness (QED) is 0.777. The van der Waals surface area contributed by atoms with Gasteiger partial charge in [0.25, 0.3) is 0 Å². The second-order valence-corrected chi connectivity index (χ2v) is 6.43. The van der Waals surface area contributed by atoms with E-state index in [4.69, 9.17) is 11.6 Å². The lowest BCUT2D eigenvalue weighted by atomic mass is 10.0. The lowest BCUT2D eigenvalue weighted by Gasteiger charge is -2.19. The number of halogens is 2. The van der Waals surface area contributed by atoms with Crippen LogP contribution in [-0.2, 0) is 13.5 Å². The van der Waals surface area contributed by atoms with Crippen molar-refractivity contribution in [2.24, 2.45) is 7.05 Å². The van der Waals surface area contributed by atoms with Gasteiger partial charge in [-0.1, -0.05) is 24.6 Å². The first-order valence-corrected chi connectivity index (χ1v) is 8.44. The molecule has 0 fully saturated rings. The van der Waals surface area contributed by atoms with Gasteiger partial charge in [-0.25, -0.2) is 0 Å². The molecule has 5 heteroatoms. The van der Waals surface area contributed by atoms with E-state index in [0.717, 1.165) is 35.3 Å². The van der Waals surface area contributed by atoms with E-state index in [1.807, 2.05) is 30.1 Å². The van der Waals surface area contributed by atoms with E-state index in [0.29, 0.717) is 6.04 Å². The van der Waals surface area contributed by atoms with Crippen molar-refractivity contribution in [1.82, 2.24) is 15.1 Å². The summed E-state index contributed by atoms with van der Waals surface area (Å²) in [5.74, 6) is 0. The van der Waals surface area contributed by atoms with Crippen LogP contribution in [0.1, 0.15) is 37.1 Å². The van der Waals surface area contributed by atoms with Gasteiger partial charge in [0.2, 0.25) is 0 Å². The predicted octanol–water partition coefficient (Wildman–Crippen LogP) is 4.51. The van der Waals surface area contributed by atoms with E-state index in [1.54, 1.807) is 0 Å². The molecule has 0 spiro atoms. The van der Waals surface area contributed by atoms with Gasteiger partial charge >= 0.3 is 0 Å². The second kappa shape index (κ2) is 7.97. The van der Waals surface area contributed by atoms with E-state index >= 15 is 0 Å². The molecule has 1 heterocycles. The molecule has 1 aromatic heterocycles. The summed E-state index contributed by atoms with van der Waals surface area (Å²) in [6.07, 6.45) is 4.98. The van der Waals surface area contributed by atoms with Crippen molar-refractivity contribution >= 4 is 27.5 Å². The van der Waals surface area contributed by atoms with Crippen molar-refractivity contribution in [3.05, 3.63) is 51.2 Å². The summed E-state index contributed by atoms with van der Waals surface area (Å²) >= 11 is 9.68. The van der Waals surface area contributed by atoms with E-state index in [-0.39, 0.29) is 0 Å². The molecule has 0 amide bonds. The van der Waals surface area contributed by atoms with Crippen molar-refractivity contribution in [3.63, 3.8) is 0 Å². The lowest BCUT2D eigenvalue weighted by Crippen LogP contribution is -2.23. The highest BCUT2D eigenvalue weighted by molar-refractivity contribution is 9.10. The smallest absolute Gasteiger partial charge is 0.0551 e. The van der Waals surface area contributed by atoms with Crippen LogP contribution in [0.2, 0.25) is 5.02 Å². The lowest BCUT2D eigenvalue weighted by molar-refractivity contribution is 0.491. The van der Waals surface area contributed by atoms with Gasteiger partial charge in [-0.05, 0) is 65.5 Å². The van der Waals surface area contributed by atoms with Gasteiger partial charge in [-0.2, -0.15) is 5.10 Å². The van der Waals surface area contributed by atoms with Crippen LogP contribution >= 0.6 is 27.5 Å². The Hall–Kier alpha value is -0.840. The summed E-state index contributed by atoms with van der Waals surface area (Å²) < 4.78 is 2.87. The molecular formula is C16H21BrClN3. The van der Waals surface area contributed by atoms with E-state index in [2.05, 4.69) is 45.4 Å². The van der Waals surface area contributed by atoms with Crippen molar-refractivity contribution in [1.29, 1.82) is 0 Å². The Labute approximate surface area is 139 Å². The monoisotopic (exact) mass is 369 g/mol. The molecule has 0 aliphatic rings. The van der Waals surface area contributed by atoms with Crippen LogP contribution in [0.3, 0.4) is 0 Å². The Bertz CT molecular complexity index is 583. The molecule has 2 aromatic rings. The molecule has 21 heavy (non-hydrogen) atoms. The van der Waals surface area contributed by atoms with Gasteiger partial charge in [0.05, 0.1) is 5.02 Å². The van der Waals surface area contributed by atoms with Crippen molar-refractivity contribution in [2.45, 2.75) is 32.2 Å². The summed E-state index contributed by atoms with van der Waals surface area (Å²) in [7, 11) is 1.99. The maximum absolute atomic E-state index is 6.23. The van der Waals surface area contributed by atoms with Gasteiger partial charge in [0.1, 0.15) is 0 Å². The first-order valence-electron chi connectivity index (χ1n) is 7.27. The summed E-state index contributed by atoms with van der Waals surface area (Å²) in [4.78, 5) is 0. The van der Waals surface area contributed by atoms with Crippen LogP contribution in [0.4, 0.5) is 0 Å². The third-order valence-electron chi connectivity index (χ3n) is 3.60. The van der Waals surface area contributed by atoms with Gasteiger partial charge in [-0.3, -0.25) is 4.68 Å². The minimum absolute atomic E-state index is 0.311. The number of aryl methyl sites for hydroxylation is 2. The number of nitrogens with one attached hydrogen (secondary N) is 1. The fourth-order valence-electron chi connectivity index (χ4n) is 2.37. The average Bonchev–Trinajstić information content (AvgIpc) is 2.88. The molecular weight excluding hydrogens is 350 g/mol. The zero-order valence-electron chi connectivity index (χ0n) is 12.4. The Balaban J connectivity index is 2.09. The number of aromatic nitrogens is 2. The van der Waals surface area contributed by atoms with Crippen molar-refractivity contribution in [3.8, 4) is 0 Å². The maximum Gasteiger partial charge on any atom is 0.0551 e. The van der Waals surface area contributed by atoms with Crippen LogP contribution in [0.15, 0.2) is 34.9 Å². The number of hydrogen-bond acceptors (Lipinski definition) is 2. The SMILES string of the molecule is CCCNC(CCc1ccnn1C)c1ccc(Br)c(Cl)c1. The highest BCUT2D eigenvalue weighted by Gasteiger charge is 2.13. The molecule has 0 aliphatic carbocycles. The van der Waals surface area contributed by atoms with E-state index in [9.17, 15) is 0 Å². The Kier molecular flexibility index (Phi) is 6.27. The Morgan fingerprint density at radius 3 is 2.81 bits per heavy atom. The molecule has 2 rings (SSSR count). The number of rotatable bonds is 7. The molecule has 0 radical (unpaired) electrons. The number of nitrogens with zero attached hydrogens (tertiary/aromatic N) is 2. The maximum atomic E-state index is 6.23. The molecule has 1 aromatic carbocycles. The van der Waals surface area contributed by atoms with Crippen molar-refractivity contribution < 1.29 is 0 Å². The minimum Gasteiger partial charge on any atom is -0.310 e.